The van der Waals surface area contributed by atoms with Crippen molar-refractivity contribution in [1.29, 1.82) is 0 Å². The zero-order valence-corrected chi connectivity index (χ0v) is 12.1. The Morgan fingerprint density at radius 1 is 1.24 bits per heavy atom. The van der Waals surface area contributed by atoms with Crippen molar-refractivity contribution in [3.63, 3.8) is 0 Å². The van der Waals surface area contributed by atoms with Gasteiger partial charge in [-0.2, -0.15) is 0 Å². The van der Waals surface area contributed by atoms with Gasteiger partial charge in [0, 0.05) is 19.7 Å². The summed E-state index contributed by atoms with van der Waals surface area (Å²) in [4.78, 5) is 0. The van der Waals surface area contributed by atoms with Gasteiger partial charge in [0.2, 0.25) is 10.0 Å². The maximum absolute atomic E-state index is 11.8. The normalized spacial score (nSPS) is 14.2. The van der Waals surface area contributed by atoms with Crippen LogP contribution in [0.1, 0.15) is 27.2 Å². The van der Waals surface area contributed by atoms with Crippen molar-refractivity contribution in [2.75, 3.05) is 32.6 Å². The SMILES string of the molecule is CCCNCCS(=O)(=O)NC(COC)C(C)C. The van der Waals surface area contributed by atoms with E-state index in [0.717, 1.165) is 13.0 Å². The summed E-state index contributed by atoms with van der Waals surface area (Å²) in [5.74, 6) is 0.327. The molecule has 6 heteroatoms. The van der Waals surface area contributed by atoms with E-state index in [1.807, 2.05) is 20.8 Å². The highest BCUT2D eigenvalue weighted by molar-refractivity contribution is 7.89. The number of sulfonamides is 1. The molecule has 0 amide bonds. The van der Waals surface area contributed by atoms with Crippen LogP contribution in [0.15, 0.2) is 0 Å². The summed E-state index contributed by atoms with van der Waals surface area (Å²) < 4.78 is 31.2. The van der Waals surface area contributed by atoms with Crippen LogP contribution in [0.3, 0.4) is 0 Å². The van der Waals surface area contributed by atoms with Crippen molar-refractivity contribution >= 4 is 10.0 Å². The van der Waals surface area contributed by atoms with Gasteiger partial charge < -0.3 is 10.1 Å². The molecule has 0 heterocycles. The van der Waals surface area contributed by atoms with Crippen molar-refractivity contribution in [2.45, 2.75) is 33.2 Å². The first-order valence-corrected chi connectivity index (χ1v) is 7.77. The molecule has 0 spiro atoms. The number of hydrogen-bond donors (Lipinski definition) is 2. The van der Waals surface area contributed by atoms with Gasteiger partial charge in [-0.15, -0.1) is 0 Å². The monoisotopic (exact) mass is 266 g/mol. The van der Waals surface area contributed by atoms with Gasteiger partial charge in [0.1, 0.15) is 0 Å². The Labute approximate surface area is 105 Å². The lowest BCUT2D eigenvalue weighted by molar-refractivity contribution is 0.157. The molecule has 1 atom stereocenters. The van der Waals surface area contributed by atoms with Crippen LogP contribution in [0.25, 0.3) is 0 Å². The zero-order chi connectivity index (χ0) is 13.3. The van der Waals surface area contributed by atoms with Crippen LogP contribution >= 0.6 is 0 Å². The Kier molecular flexibility index (Phi) is 8.77. The minimum atomic E-state index is -3.22. The summed E-state index contributed by atoms with van der Waals surface area (Å²) in [5.41, 5.74) is 0. The first-order valence-electron chi connectivity index (χ1n) is 6.12. The van der Waals surface area contributed by atoms with Crippen LogP contribution in [-0.2, 0) is 14.8 Å². The van der Waals surface area contributed by atoms with Crippen LogP contribution in [-0.4, -0.2) is 47.0 Å². The minimum absolute atomic E-state index is 0.111. The van der Waals surface area contributed by atoms with Gasteiger partial charge in [0.25, 0.3) is 0 Å². The predicted molar refractivity (Wildman–Crippen MR) is 70.6 cm³/mol. The molecule has 0 aliphatic carbocycles. The van der Waals surface area contributed by atoms with Crippen LogP contribution in [0, 0.1) is 5.92 Å². The van der Waals surface area contributed by atoms with Crippen LogP contribution in [0.2, 0.25) is 0 Å². The Morgan fingerprint density at radius 3 is 2.35 bits per heavy atom. The fourth-order valence-corrected chi connectivity index (χ4v) is 2.67. The molecule has 0 saturated carbocycles. The first-order chi connectivity index (χ1) is 7.93. The highest BCUT2D eigenvalue weighted by Gasteiger charge is 2.20. The van der Waals surface area contributed by atoms with E-state index >= 15 is 0 Å². The lowest BCUT2D eigenvalue weighted by Gasteiger charge is -2.21. The number of hydrogen-bond acceptors (Lipinski definition) is 4. The molecule has 1 unspecified atom stereocenters. The summed E-state index contributed by atoms with van der Waals surface area (Å²) in [5, 5.41) is 3.08. The molecule has 0 aliphatic rings. The van der Waals surface area contributed by atoms with Crippen LogP contribution < -0.4 is 10.0 Å². The van der Waals surface area contributed by atoms with E-state index in [2.05, 4.69) is 10.0 Å². The Morgan fingerprint density at radius 2 is 1.88 bits per heavy atom. The van der Waals surface area contributed by atoms with Gasteiger partial charge in [0.05, 0.1) is 12.4 Å². The molecule has 0 aromatic heterocycles. The predicted octanol–water partition coefficient (Wildman–Crippen LogP) is 0.576. The van der Waals surface area contributed by atoms with Gasteiger partial charge in [-0.05, 0) is 18.9 Å². The number of rotatable bonds is 10. The molecule has 0 radical (unpaired) electrons. The van der Waals surface area contributed by atoms with E-state index in [1.165, 1.54) is 0 Å². The average molecular weight is 266 g/mol. The Bertz CT molecular complexity index is 278. The maximum atomic E-state index is 11.8. The third kappa shape index (κ3) is 8.54. The maximum Gasteiger partial charge on any atom is 0.213 e. The lowest BCUT2D eigenvalue weighted by Crippen LogP contribution is -2.44. The molecule has 0 aromatic carbocycles. The number of ether oxygens (including phenoxy) is 1. The van der Waals surface area contributed by atoms with Gasteiger partial charge in [-0.25, -0.2) is 13.1 Å². The van der Waals surface area contributed by atoms with E-state index in [4.69, 9.17) is 4.74 Å². The molecular weight excluding hydrogens is 240 g/mol. The van der Waals surface area contributed by atoms with E-state index in [0.29, 0.717) is 13.2 Å². The largest absolute Gasteiger partial charge is 0.383 e. The standard InChI is InChI=1S/C11H26N2O3S/c1-5-6-12-7-8-17(14,15)13-11(9-16-4)10(2)3/h10-13H,5-9H2,1-4H3. The Hall–Kier alpha value is -0.170. The number of methoxy groups -OCH3 is 1. The highest BCUT2D eigenvalue weighted by Crippen LogP contribution is 2.03. The van der Waals surface area contributed by atoms with E-state index in [-0.39, 0.29) is 17.7 Å². The molecule has 0 saturated heterocycles. The van der Waals surface area contributed by atoms with Crippen molar-refractivity contribution in [3.05, 3.63) is 0 Å². The molecule has 2 N–H and O–H groups in total. The van der Waals surface area contributed by atoms with E-state index in [1.54, 1.807) is 7.11 Å². The fourth-order valence-electron chi connectivity index (χ4n) is 1.34. The summed E-state index contributed by atoms with van der Waals surface area (Å²) >= 11 is 0. The smallest absolute Gasteiger partial charge is 0.213 e. The summed E-state index contributed by atoms with van der Waals surface area (Å²) in [6.07, 6.45) is 1.01. The topological polar surface area (TPSA) is 67.4 Å². The molecular formula is C11H26N2O3S. The molecule has 5 nitrogen and oxygen atoms in total. The van der Waals surface area contributed by atoms with Gasteiger partial charge in [-0.1, -0.05) is 20.8 Å². The molecule has 0 bridgehead atoms. The molecule has 0 fully saturated rings. The first kappa shape index (κ1) is 16.8. The molecule has 104 valence electrons. The zero-order valence-electron chi connectivity index (χ0n) is 11.3. The number of nitrogens with one attached hydrogen (secondary N) is 2. The van der Waals surface area contributed by atoms with Gasteiger partial charge >= 0.3 is 0 Å². The molecule has 0 aromatic rings. The third-order valence-corrected chi connectivity index (χ3v) is 3.86. The second-order valence-corrected chi connectivity index (χ2v) is 6.37. The minimum Gasteiger partial charge on any atom is -0.383 e. The molecule has 0 aliphatic heterocycles. The van der Waals surface area contributed by atoms with Crippen LogP contribution in [0.5, 0.6) is 0 Å². The van der Waals surface area contributed by atoms with Gasteiger partial charge in [0.15, 0.2) is 0 Å². The summed E-state index contributed by atoms with van der Waals surface area (Å²) in [6.45, 7) is 7.73. The van der Waals surface area contributed by atoms with Crippen molar-refractivity contribution in [1.82, 2.24) is 10.0 Å². The Balaban J connectivity index is 4.12. The second-order valence-electron chi connectivity index (χ2n) is 4.49. The van der Waals surface area contributed by atoms with E-state index < -0.39 is 10.0 Å². The lowest BCUT2D eigenvalue weighted by atomic mass is 10.1. The van der Waals surface area contributed by atoms with Crippen molar-refractivity contribution in [2.24, 2.45) is 5.92 Å². The van der Waals surface area contributed by atoms with Crippen LogP contribution in [0.4, 0.5) is 0 Å². The molecule has 0 rings (SSSR count). The average Bonchev–Trinajstić information content (AvgIpc) is 2.23. The third-order valence-electron chi connectivity index (χ3n) is 2.46. The summed E-state index contributed by atoms with van der Waals surface area (Å²) in [6, 6.07) is -0.156. The van der Waals surface area contributed by atoms with Gasteiger partial charge in [-0.3, -0.25) is 0 Å². The second kappa shape index (κ2) is 8.85. The van der Waals surface area contributed by atoms with E-state index in [9.17, 15) is 8.42 Å². The van der Waals surface area contributed by atoms with Crippen molar-refractivity contribution < 1.29 is 13.2 Å². The quantitative estimate of drug-likeness (QED) is 0.568. The molecule has 17 heavy (non-hydrogen) atoms. The van der Waals surface area contributed by atoms with Crippen molar-refractivity contribution in [3.8, 4) is 0 Å². The fraction of sp³-hybridized carbons (Fsp3) is 1.00. The highest BCUT2D eigenvalue weighted by atomic mass is 32.2. The summed E-state index contributed by atoms with van der Waals surface area (Å²) in [7, 11) is -1.65.